The Labute approximate surface area is 113 Å². The van der Waals surface area contributed by atoms with Crippen molar-refractivity contribution >= 4 is 11.5 Å². The quantitative estimate of drug-likeness (QED) is 0.378. The lowest BCUT2D eigenvalue weighted by molar-refractivity contribution is -0.384. The minimum Gasteiger partial charge on any atom is -0.437 e. The summed E-state index contributed by atoms with van der Waals surface area (Å²) in [5.41, 5.74) is 6.11. The molecule has 1 aromatic carbocycles. The summed E-state index contributed by atoms with van der Waals surface area (Å²) in [7, 11) is 0. The highest BCUT2D eigenvalue weighted by molar-refractivity contribution is 5.92. The second-order valence-electron chi connectivity index (χ2n) is 3.96. The Morgan fingerprint density at radius 1 is 1.40 bits per heavy atom. The molecule has 0 fully saturated rings. The number of nitrogens with two attached hydrogens (primary N) is 1. The van der Waals surface area contributed by atoms with E-state index in [0.717, 1.165) is 0 Å². The zero-order chi connectivity index (χ0) is 14.7. The predicted octanol–water partition coefficient (Wildman–Crippen LogP) is 1.77. The van der Waals surface area contributed by atoms with E-state index >= 15 is 0 Å². The molecule has 0 bridgehead atoms. The highest BCUT2D eigenvalue weighted by Crippen LogP contribution is 2.26. The molecule has 0 spiro atoms. The third kappa shape index (κ3) is 2.86. The Hall–Kier alpha value is -3.03. The molecule has 3 N–H and O–H groups in total. The summed E-state index contributed by atoms with van der Waals surface area (Å²) in [6.45, 7) is 1.69. The van der Waals surface area contributed by atoms with Crippen LogP contribution in [0, 0.1) is 22.4 Å². The van der Waals surface area contributed by atoms with E-state index in [9.17, 15) is 10.1 Å². The monoisotopic (exact) mass is 273 g/mol. The van der Waals surface area contributed by atoms with E-state index in [2.05, 4.69) is 9.97 Å². The van der Waals surface area contributed by atoms with Crippen LogP contribution in [0.4, 0.5) is 5.69 Å². The molecule has 0 saturated heterocycles. The number of nitrogens with one attached hydrogen (secondary N) is 1. The van der Waals surface area contributed by atoms with E-state index in [1.54, 1.807) is 6.92 Å². The Balaban J connectivity index is 2.21. The Bertz CT molecular complexity index is 669. The molecule has 1 aromatic heterocycles. The van der Waals surface area contributed by atoms with E-state index in [1.807, 2.05) is 0 Å². The molecule has 20 heavy (non-hydrogen) atoms. The number of benzene rings is 1. The Morgan fingerprint density at radius 2 is 2.15 bits per heavy atom. The number of ether oxygens (including phenoxy) is 1. The third-order valence-corrected chi connectivity index (χ3v) is 2.49. The van der Waals surface area contributed by atoms with Crippen LogP contribution in [0.3, 0.4) is 0 Å². The van der Waals surface area contributed by atoms with Gasteiger partial charge in [0.25, 0.3) is 5.69 Å². The molecular weight excluding hydrogens is 262 g/mol. The highest BCUT2D eigenvalue weighted by atomic mass is 16.6. The van der Waals surface area contributed by atoms with Gasteiger partial charge in [0, 0.05) is 12.1 Å². The fourth-order valence-corrected chi connectivity index (χ4v) is 1.48. The summed E-state index contributed by atoms with van der Waals surface area (Å²) >= 11 is 0. The maximum absolute atomic E-state index is 10.6. The van der Waals surface area contributed by atoms with Crippen molar-refractivity contribution in [3.63, 3.8) is 0 Å². The van der Waals surface area contributed by atoms with Crippen LogP contribution in [-0.4, -0.2) is 20.7 Å². The molecule has 8 nitrogen and oxygen atoms in total. The van der Waals surface area contributed by atoms with E-state index < -0.39 is 4.92 Å². The van der Waals surface area contributed by atoms with Crippen LogP contribution in [-0.2, 0) is 0 Å². The van der Waals surface area contributed by atoms with Crippen molar-refractivity contribution in [2.45, 2.75) is 6.92 Å². The number of nitrogen functional groups attached to an aromatic ring is 1. The average molecular weight is 273 g/mol. The highest BCUT2D eigenvalue weighted by Gasteiger charge is 2.10. The number of hydrogen-bond donors (Lipinski definition) is 2. The first kappa shape index (κ1) is 13.4. The zero-order valence-corrected chi connectivity index (χ0v) is 10.5. The third-order valence-electron chi connectivity index (χ3n) is 2.49. The van der Waals surface area contributed by atoms with Crippen LogP contribution in [0.15, 0.2) is 30.6 Å². The minimum atomic E-state index is -0.474. The summed E-state index contributed by atoms with van der Waals surface area (Å²) < 4.78 is 5.47. The maximum atomic E-state index is 10.6. The van der Waals surface area contributed by atoms with Crippen molar-refractivity contribution < 1.29 is 9.66 Å². The van der Waals surface area contributed by atoms with Gasteiger partial charge in [-0.2, -0.15) is 0 Å². The fraction of sp³-hybridized carbons (Fsp3) is 0.0833. The average Bonchev–Trinajstić information content (AvgIpc) is 2.41. The van der Waals surface area contributed by atoms with Gasteiger partial charge in [-0.3, -0.25) is 15.5 Å². The SMILES string of the molecule is Cc1cc([N+](=O)[O-])ccc1Oc1cnc(C(=N)N)cn1. The van der Waals surface area contributed by atoms with Crippen molar-refractivity contribution in [3.8, 4) is 11.6 Å². The lowest BCUT2D eigenvalue weighted by Crippen LogP contribution is -2.13. The molecule has 8 heteroatoms. The molecule has 102 valence electrons. The predicted molar refractivity (Wildman–Crippen MR) is 71.0 cm³/mol. The van der Waals surface area contributed by atoms with Gasteiger partial charge in [-0.25, -0.2) is 9.97 Å². The molecule has 0 aliphatic heterocycles. The molecule has 0 atom stereocenters. The Morgan fingerprint density at radius 3 is 2.65 bits per heavy atom. The topological polar surface area (TPSA) is 128 Å². The lowest BCUT2D eigenvalue weighted by Gasteiger charge is -2.07. The molecule has 0 radical (unpaired) electrons. The number of non-ortho nitro benzene ring substituents is 1. The molecule has 2 aromatic rings. The van der Waals surface area contributed by atoms with E-state index in [-0.39, 0.29) is 23.1 Å². The molecule has 2 rings (SSSR count). The largest absolute Gasteiger partial charge is 0.437 e. The van der Waals surface area contributed by atoms with Crippen molar-refractivity contribution in [1.82, 2.24) is 9.97 Å². The van der Waals surface area contributed by atoms with Gasteiger partial charge in [-0.05, 0) is 18.6 Å². The summed E-state index contributed by atoms with van der Waals surface area (Å²) in [5, 5.41) is 17.8. The first-order chi connectivity index (χ1) is 9.47. The van der Waals surface area contributed by atoms with Gasteiger partial charge < -0.3 is 10.5 Å². The van der Waals surface area contributed by atoms with Crippen molar-refractivity contribution in [1.29, 1.82) is 5.41 Å². The number of nitro benzene ring substituents is 1. The molecule has 0 unspecified atom stereocenters. The molecule has 1 heterocycles. The zero-order valence-electron chi connectivity index (χ0n) is 10.5. The van der Waals surface area contributed by atoms with Crippen LogP contribution in [0.2, 0.25) is 0 Å². The van der Waals surface area contributed by atoms with E-state index in [4.69, 9.17) is 15.9 Å². The number of rotatable bonds is 4. The van der Waals surface area contributed by atoms with Crippen molar-refractivity contribution in [2.75, 3.05) is 0 Å². The van der Waals surface area contributed by atoms with Crippen LogP contribution < -0.4 is 10.5 Å². The maximum Gasteiger partial charge on any atom is 0.269 e. The van der Waals surface area contributed by atoms with Crippen LogP contribution >= 0.6 is 0 Å². The number of hydrogen-bond acceptors (Lipinski definition) is 6. The second kappa shape index (κ2) is 5.31. The van der Waals surface area contributed by atoms with Gasteiger partial charge in [0.15, 0.2) is 0 Å². The molecule has 0 aliphatic carbocycles. The van der Waals surface area contributed by atoms with E-state index in [0.29, 0.717) is 11.3 Å². The van der Waals surface area contributed by atoms with Crippen molar-refractivity contribution in [3.05, 3.63) is 52.0 Å². The van der Waals surface area contributed by atoms with Gasteiger partial charge in [0.1, 0.15) is 17.3 Å². The second-order valence-corrected chi connectivity index (χ2v) is 3.96. The number of aryl methyl sites for hydroxylation is 1. The number of nitro groups is 1. The lowest BCUT2D eigenvalue weighted by atomic mass is 10.2. The van der Waals surface area contributed by atoms with Gasteiger partial charge in [-0.15, -0.1) is 0 Å². The van der Waals surface area contributed by atoms with Gasteiger partial charge in [0.05, 0.1) is 17.3 Å². The van der Waals surface area contributed by atoms with Gasteiger partial charge >= 0.3 is 0 Å². The summed E-state index contributed by atoms with van der Waals surface area (Å²) in [6.07, 6.45) is 2.65. The number of amidine groups is 1. The van der Waals surface area contributed by atoms with Crippen molar-refractivity contribution in [2.24, 2.45) is 5.73 Å². The summed E-state index contributed by atoms with van der Waals surface area (Å²) in [5.74, 6) is 0.475. The number of nitrogens with zero attached hydrogens (tertiary/aromatic N) is 3. The standard InChI is InChI=1S/C12H11N5O3/c1-7-4-8(17(18)19)2-3-10(7)20-11-6-15-9(5-16-11)12(13)14/h2-6H,1H3,(H3,13,14). The summed E-state index contributed by atoms with van der Waals surface area (Å²) in [6, 6.07) is 4.25. The normalized spacial score (nSPS) is 10.1. The molecular formula is C12H11N5O3. The van der Waals surface area contributed by atoms with Gasteiger partial charge in [0.2, 0.25) is 5.88 Å². The smallest absolute Gasteiger partial charge is 0.269 e. The molecule has 0 amide bonds. The molecule has 0 aliphatic rings. The van der Waals surface area contributed by atoms with Crippen LogP contribution in [0.5, 0.6) is 11.6 Å². The first-order valence-corrected chi connectivity index (χ1v) is 5.56. The van der Waals surface area contributed by atoms with Gasteiger partial charge in [-0.1, -0.05) is 0 Å². The summed E-state index contributed by atoms with van der Waals surface area (Å²) in [4.78, 5) is 18.0. The molecule has 0 saturated carbocycles. The minimum absolute atomic E-state index is 0.00661. The van der Waals surface area contributed by atoms with E-state index in [1.165, 1.54) is 30.6 Å². The number of aromatic nitrogens is 2. The fourth-order valence-electron chi connectivity index (χ4n) is 1.48. The Kier molecular flexibility index (Phi) is 3.56. The van der Waals surface area contributed by atoms with Crippen LogP contribution in [0.25, 0.3) is 0 Å². The first-order valence-electron chi connectivity index (χ1n) is 5.56. The van der Waals surface area contributed by atoms with Crippen LogP contribution in [0.1, 0.15) is 11.3 Å².